The van der Waals surface area contributed by atoms with Gasteiger partial charge in [0.25, 0.3) is 0 Å². The second-order valence-corrected chi connectivity index (χ2v) is 13.8. The van der Waals surface area contributed by atoms with Gasteiger partial charge < -0.3 is 24.8 Å². The van der Waals surface area contributed by atoms with E-state index in [2.05, 4.69) is 19.9 Å². The maximum absolute atomic E-state index is 12.2. The van der Waals surface area contributed by atoms with Gasteiger partial charge in [0.05, 0.1) is 18.8 Å². The largest absolute Gasteiger partial charge is 0.462 e. The SMILES string of the molecule is CCCCC/C=C\C[C@H](O)/C=C/C=C/C=C\[C@H](O)CCCC(=O)O[C@@H](CO)COC(=O)CCCCCCCCCCCCCCCCCCC. The van der Waals surface area contributed by atoms with E-state index in [1.165, 1.54) is 109 Å². The predicted octanol–water partition coefficient (Wildman–Crippen LogP) is 10.6. The van der Waals surface area contributed by atoms with E-state index < -0.39 is 30.9 Å². The molecule has 0 aliphatic carbocycles. The van der Waals surface area contributed by atoms with Crippen LogP contribution < -0.4 is 0 Å². The van der Waals surface area contributed by atoms with Gasteiger partial charge in [0.1, 0.15) is 6.61 Å². The summed E-state index contributed by atoms with van der Waals surface area (Å²) in [5.74, 6) is -0.828. The molecular formula is C43H76O7. The van der Waals surface area contributed by atoms with Gasteiger partial charge >= 0.3 is 11.9 Å². The van der Waals surface area contributed by atoms with Crippen LogP contribution >= 0.6 is 0 Å². The Labute approximate surface area is 306 Å². The molecule has 0 spiro atoms. The normalized spacial score (nSPS) is 13.9. The number of aliphatic hydroxyl groups excluding tert-OH is 3. The first-order valence-corrected chi connectivity index (χ1v) is 20.4. The molecule has 0 unspecified atom stereocenters. The van der Waals surface area contributed by atoms with Crippen molar-refractivity contribution in [3.63, 3.8) is 0 Å². The number of unbranched alkanes of at least 4 members (excludes halogenated alkanes) is 19. The molecule has 0 heterocycles. The van der Waals surface area contributed by atoms with Crippen molar-refractivity contribution in [1.29, 1.82) is 0 Å². The lowest BCUT2D eigenvalue weighted by molar-refractivity contribution is -0.161. The maximum atomic E-state index is 12.2. The summed E-state index contributed by atoms with van der Waals surface area (Å²) < 4.78 is 10.5. The monoisotopic (exact) mass is 705 g/mol. The van der Waals surface area contributed by atoms with Gasteiger partial charge in [-0.25, -0.2) is 0 Å². The first-order chi connectivity index (χ1) is 24.4. The molecule has 0 aromatic rings. The van der Waals surface area contributed by atoms with Gasteiger partial charge in [0.15, 0.2) is 6.10 Å². The summed E-state index contributed by atoms with van der Waals surface area (Å²) in [5.41, 5.74) is 0. The Bertz CT molecular complexity index is 878. The zero-order chi connectivity index (χ0) is 36.8. The summed E-state index contributed by atoms with van der Waals surface area (Å²) in [7, 11) is 0. The van der Waals surface area contributed by atoms with Crippen molar-refractivity contribution in [2.45, 2.75) is 199 Å². The molecule has 0 saturated heterocycles. The first-order valence-electron chi connectivity index (χ1n) is 20.4. The molecule has 0 fully saturated rings. The smallest absolute Gasteiger partial charge is 0.306 e. The minimum absolute atomic E-state index is 0.0954. The summed E-state index contributed by atoms with van der Waals surface area (Å²) in [6.07, 6.45) is 40.9. The van der Waals surface area contributed by atoms with E-state index in [9.17, 15) is 24.9 Å². The van der Waals surface area contributed by atoms with Crippen LogP contribution in [0.1, 0.15) is 181 Å². The number of esters is 2. The van der Waals surface area contributed by atoms with Crippen LogP contribution in [0.4, 0.5) is 0 Å². The van der Waals surface area contributed by atoms with Crippen molar-refractivity contribution < 1.29 is 34.4 Å². The molecule has 0 aromatic carbocycles. The fourth-order valence-corrected chi connectivity index (χ4v) is 5.63. The lowest BCUT2D eigenvalue weighted by Crippen LogP contribution is -2.28. The van der Waals surface area contributed by atoms with Crippen LogP contribution in [0.25, 0.3) is 0 Å². The molecule has 3 atom stereocenters. The molecule has 0 aliphatic rings. The standard InChI is InChI=1S/C43H76O7/c1-3-5-7-9-11-12-13-14-15-16-17-18-19-20-21-23-29-35-42(47)49-38-41(37-44)50-43(48)36-30-34-40(46)33-28-25-24-27-32-39(45)31-26-22-10-8-6-4-2/h22,24-28,32-33,39-41,44-46H,3-21,23,29-31,34-38H2,1-2H3/b25-24+,26-22-,32-27+,33-28-/t39-,40-,41-/m0/s1. The summed E-state index contributed by atoms with van der Waals surface area (Å²) in [6.45, 7) is 3.88. The number of hydrogen-bond acceptors (Lipinski definition) is 7. The van der Waals surface area contributed by atoms with E-state index in [1.807, 2.05) is 6.08 Å². The second-order valence-electron chi connectivity index (χ2n) is 13.8. The van der Waals surface area contributed by atoms with E-state index in [1.54, 1.807) is 36.5 Å². The number of hydrogen-bond donors (Lipinski definition) is 3. The Morgan fingerprint density at radius 2 is 1.04 bits per heavy atom. The predicted molar refractivity (Wildman–Crippen MR) is 208 cm³/mol. The molecule has 50 heavy (non-hydrogen) atoms. The molecule has 0 aliphatic heterocycles. The molecule has 0 saturated carbocycles. The molecule has 0 rings (SSSR count). The molecule has 7 heteroatoms. The summed E-state index contributed by atoms with van der Waals surface area (Å²) in [6, 6.07) is 0. The average molecular weight is 705 g/mol. The fourth-order valence-electron chi connectivity index (χ4n) is 5.63. The maximum Gasteiger partial charge on any atom is 0.306 e. The van der Waals surface area contributed by atoms with Crippen molar-refractivity contribution in [3.05, 3.63) is 48.6 Å². The van der Waals surface area contributed by atoms with Crippen molar-refractivity contribution in [2.24, 2.45) is 0 Å². The molecule has 0 bridgehead atoms. The summed E-state index contributed by atoms with van der Waals surface area (Å²) in [5, 5.41) is 29.7. The number of carbonyl (C=O) groups is 2. The van der Waals surface area contributed by atoms with Gasteiger partial charge in [0, 0.05) is 12.8 Å². The number of carbonyl (C=O) groups excluding carboxylic acids is 2. The van der Waals surface area contributed by atoms with Crippen LogP contribution in [0.3, 0.4) is 0 Å². The third-order valence-electron chi connectivity index (χ3n) is 8.82. The minimum Gasteiger partial charge on any atom is -0.462 e. The van der Waals surface area contributed by atoms with E-state index in [4.69, 9.17) is 9.47 Å². The van der Waals surface area contributed by atoms with Crippen molar-refractivity contribution in [2.75, 3.05) is 13.2 Å². The third-order valence-corrected chi connectivity index (χ3v) is 8.82. The Hall–Kier alpha value is -2.22. The Morgan fingerprint density at radius 1 is 0.560 bits per heavy atom. The highest BCUT2D eigenvalue weighted by Crippen LogP contribution is 2.15. The minimum atomic E-state index is -0.884. The molecule has 7 nitrogen and oxygen atoms in total. The quantitative estimate of drug-likeness (QED) is 0.0257. The average Bonchev–Trinajstić information content (AvgIpc) is 3.10. The highest BCUT2D eigenvalue weighted by atomic mass is 16.6. The molecule has 0 radical (unpaired) electrons. The lowest BCUT2D eigenvalue weighted by Gasteiger charge is -2.16. The number of aliphatic hydroxyl groups is 3. The molecule has 290 valence electrons. The van der Waals surface area contributed by atoms with E-state index in [0.717, 1.165) is 25.7 Å². The summed E-state index contributed by atoms with van der Waals surface area (Å²) >= 11 is 0. The van der Waals surface area contributed by atoms with E-state index in [-0.39, 0.29) is 19.0 Å². The molecular weight excluding hydrogens is 628 g/mol. The van der Waals surface area contributed by atoms with Gasteiger partial charge in [-0.05, 0) is 38.5 Å². The Morgan fingerprint density at radius 3 is 1.58 bits per heavy atom. The van der Waals surface area contributed by atoms with Crippen LogP contribution in [0.5, 0.6) is 0 Å². The number of ether oxygens (including phenoxy) is 2. The topological polar surface area (TPSA) is 113 Å². The Balaban J connectivity index is 3.80. The van der Waals surface area contributed by atoms with Gasteiger partial charge in [-0.1, -0.05) is 178 Å². The van der Waals surface area contributed by atoms with Crippen molar-refractivity contribution in [1.82, 2.24) is 0 Å². The number of allylic oxidation sites excluding steroid dienone is 5. The zero-order valence-electron chi connectivity index (χ0n) is 32.1. The van der Waals surface area contributed by atoms with Crippen molar-refractivity contribution >= 4 is 11.9 Å². The molecule has 3 N–H and O–H groups in total. The third kappa shape index (κ3) is 35.6. The fraction of sp³-hybridized carbons (Fsp3) is 0.767. The van der Waals surface area contributed by atoms with Gasteiger partial charge in [-0.3, -0.25) is 9.59 Å². The van der Waals surface area contributed by atoms with E-state index in [0.29, 0.717) is 25.7 Å². The Kier molecular flexibility index (Phi) is 36.3. The van der Waals surface area contributed by atoms with Crippen LogP contribution in [0, 0.1) is 0 Å². The molecule has 0 amide bonds. The molecule has 0 aromatic heterocycles. The van der Waals surface area contributed by atoms with Gasteiger partial charge in [-0.2, -0.15) is 0 Å². The highest BCUT2D eigenvalue weighted by Gasteiger charge is 2.16. The zero-order valence-corrected chi connectivity index (χ0v) is 32.1. The van der Waals surface area contributed by atoms with Crippen LogP contribution in [0.2, 0.25) is 0 Å². The highest BCUT2D eigenvalue weighted by molar-refractivity contribution is 5.70. The van der Waals surface area contributed by atoms with Crippen LogP contribution in [-0.2, 0) is 19.1 Å². The lowest BCUT2D eigenvalue weighted by atomic mass is 10.0. The van der Waals surface area contributed by atoms with Crippen LogP contribution in [0.15, 0.2) is 48.6 Å². The second kappa shape index (κ2) is 38.0. The van der Waals surface area contributed by atoms with Gasteiger partial charge in [-0.15, -0.1) is 0 Å². The van der Waals surface area contributed by atoms with Gasteiger partial charge in [0.2, 0.25) is 0 Å². The van der Waals surface area contributed by atoms with Crippen LogP contribution in [-0.4, -0.2) is 58.8 Å². The number of rotatable bonds is 36. The summed E-state index contributed by atoms with van der Waals surface area (Å²) in [4.78, 5) is 24.3. The first kappa shape index (κ1) is 47.8. The van der Waals surface area contributed by atoms with E-state index >= 15 is 0 Å². The van der Waals surface area contributed by atoms with Crippen molar-refractivity contribution in [3.8, 4) is 0 Å².